The van der Waals surface area contributed by atoms with E-state index in [-0.39, 0.29) is 0 Å². The molecule has 5 heteroatoms. The average molecular weight is 284 g/mol. The van der Waals surface area contributed by atoms with Crippen molar-refractivity contribution < 1.29 is 8.42 Å². The maximum atomic E-state index is 12.0. The molecule has 0 aliphatic rings. The molecule has 1 rings (SSSR count). The van der Waals surface area contributed by atoms with Gasteiger partial charge in [-0.1, -0.05) is 32.9 Å². The van der Waals surface area contributed by atoms with Crippen molar-refractivity contribution in [3.05, 3.63) is 29.8 Å². The van der Waals surface area contributed by atoms with E-state index in [9.17, 15) is 8.42 Å². The van der Waals surface area contributed by atoms with Crippen LogP contribution in [0.25, 0.3) is 0 Å². The monoisotopic (exact) mass is 284 g/mol. The molecular formula is C14H24N2O2S. The molecule has 1 aromatic carbocycles. The van der Waals surface area contributed by atoms with Crippen molar-refractivity contribution in [1.29, 1.82) is 0 Å². The Bertz CT molecular complexity index is 467. The standard InChI is InChI=1S/C14H24N2O2S/c1-4-15-9-10-16-19(17,18)14-7-5-13(6-8-14)11-12(2)3/h5-8,12,15-16H,4,9-11H2,1-3H3. The van der Waals surface area contributed by atoms with Gasteiger partial charge in [-0.05, 0) is 36.6 Å². The molecule has 1 aromatic rings. The van der Waals surface area contributed by atoms with E-state index in [0.29, 0.717) is 23.9 Å². The van der Waals surface area contributed by atoms with Gasteiger partial charge in [0.2, 0.25) is 10.0 Å². The molecule has 0 aromatic heterocycles. The van der Waals surface area contributed by atoms with Crippen LogP contribution in [0.4, 0.5) is 0 Å². The van der Waals surface area contributed by atoms with Crippen LogP contribution in [0.1, 0.15) is 26.3 Å². The molecule has 4 nitrogen and oxygen atoms in total. The van der Waals surface area contributed by atoms with Crippen LogP contribution in [0, 0.1) is 5.92 Å². The van der Waals surface area contributed by atoms with E-state index < -0.39 is 10.0 Å². The Labute approximate surface area is 116 Å². The third-order valence-electron chi connectivity index (χ3n) is 2.72. The van der Waals surface area contributed by atoms with E-state index >= 15 is 0 Å². The Hall–Kier alpha value is -0.910. The number of nitrogens with one attached hydrogen (secondary N) is 2. The van der Waals surface area contributed by atoms with E-state index in [1.54, 1.807) is 12.1 Å². The minimum atomic E-state index is -3.38. The van der Waals surface area contributed by atoms with E-state index in [1.165, 1.54) is 5.56 Å². The van der Waals surface area contributed by atoms with Crippen LogP contribution in [0.3, 0.4) is 0 Å². The van der Waals surface area contributed by atoms with Gasteiger partial charge in [0.05, 0.1) is 4.90 Å². The fourth-order valence-electron chi connectivity index (χ4n) is 1.81. The van der Waals surface area contributed by atoms with E-state index in [2.05, 4.69) is 23.9 Å². The Morgan fingerprint density at radius 3 is 2.26 bits per heavy atom. The van der Waals surface area contributed by atoms with Crippen LogP contribution in [0.15, 0.2) is 29.2 Å². The van der Waals surface area contributed by atoms with Gasteiger partial charge in [-0.15, -0.1) is 0 Å². The molecule has 0 radical (unpaired) electrons. The molecule has 108 valence electrons. The second-order valence-electron chi connectivity index (χ2n) is 4.99. The lowest BCUT2D eigenvalue weighted by Gasteiger charge is -2.09. The summed E-state index contributed by atoms with van der Waals surface area (Å²) >= 11 is 0. The first-order chi connectivity index (χ1) is 8.95. The van der Waals surface area contributed by atoms with Gasteiger partial charge in [0, 0.05) is 13.1 Å². The van der Waals surface area contributed by atoms with E-state index in [4.69, 9.17) is 0 Å². The molecule has 0 fully saturated rings. The molecule has 0 amide bonds. The van der Waals surface area contributed by atoms with Crippen molar-refractivity contribution in [2.45, 2.75) is 32.1 Å². The molecule has 0 saturated carbocycles. The van der Waals surface area contributed by atoms with Crippen LogP contribution in [-0.4, -0.2) is 28.1 Å². The third-order valence-corrected chi connectivity index (χ3v) is 4.20. The normalized spacial score (nSPS) is 12.0. The summed E-state index contributed by atoms with van der Waals surface area (Å²) in [6.07, 6.45) is 0.966. The zero-order valence-corrected chi connectivity index (χ0v) is 12.8. The number of hydrogen-bond acceptors (Lipinski definition) is 3. The van der Waals surface area contributed by atoms with Crippen molar-refractivity contribution in [1.82, 2.24) is 10.0 Å². The number of hydrogen-bond donors (Lipinski definition) is 2. The van der Waals surface area contributed by atoms with Gasteiger partial charge in [-0.2, -0.15) is 0 Å². The Kier molecular flexibility index (Phi) is 6.48. The maximum Gasteiger partial charge on any atom is 0.240 e. The fraction of sp³-hybridized carbons (Fsp3) is 0.571. The second kappa shape index (κ2) is 7.62. The molecule has 0 aliphatic heterocycles. The van der Waals surface area contributed by atoms with Crippen molar-refractivity contribution in [3.8, 4) is 0 Å². The van der Waals surface area contributed by atoms with Crippen molar-refractivity contribution in [2.75, 3.05) is 19.6 Å². The van der Waals surface area contributed by atoms with Gasteiger partial charge in [0.1, 0.15) is 0 Å². The first-order valence-corrected chi connectivity index (χ1v) is 8.23. The molecule has 0 spiro atoms. The molecule has 0 saturated heterocycles. The molecule has 2 N–H and O–H groups in total. The van der Waals surface area contributed by atoms with E-state index in [0.717, 1.165) is 13.0 Å². The lowest BCUT2D eigenvalue weighted by Crippen LogP contribution is -2.31. The average Bonchev–Trinajstić information content (AvgIpc) is 2.35. The lowest BCUT2D eigenvalue weighted by molar-refractivity contribution is 0.577. The van der Waals surface area contributed by atoms with Crippen molar-refractivity contribution in [3.63, 3.8) is 0 Å². The Morgan fingerprint density at radius 1 is 1.11 bits per heavy atom. The van der Waals surface area contributed by atoms with Crippen LogP contribution in [0.5, 0.6) is 0 Å². The molecular weight excluding hydrogens is 260 g/mol. The first-order valence-electron chi connectivity index (χ1n) is 6.75. The summed E-state index contributed by atoms with van der Waals surface area (Å²) in [6, 6.07) is 7.12. The molecule has 0 unspecified atom stereocenters. The number of benzene rings is 1. The molecule has 0 aliphatic carbocycles. The molecule has 0 bridgehead atoms. The minimum Gasteiger partial charge on any atom is -0.316 e. The maximum absolute atomic E-state index is 12.0. The van der Waals surface area contributed by atoms with Crippen molar-refractivity contribution >= 4 is 10.0 Å². The highest BCUT2D eigenvalue weighted by Gasteiger charge is 2.12. The van der Waals surface area contributed by atoms with Gasteiger partial charge >= 0.3 is 0 Å². The van der Waals surface area contributed by atoms with Gasteiger partial charge in [0.25, 0.3) is 0 Å². The number of sulfonamides is 1. The van der Waals surface area contributed by atoms with Crippen LogP contribution >= 0.6 is 0 Å². The summed E-state index contributed by atoms with van der Waals surface area (Å²) < 4.78 is 26.6. The number of likely N-dealkylation sites (N-methyl/N-ethyl adjacent to an activating group) is 1. The second-order valence-corrected chi connectivity index (χ2v) is 6.76. The van der Waals surface area contributed by atoms with Crippen molar-refractivity contribution in [2.24, 2.45) is 5.92 Å². The molecule has 19 heavy (non-hydrogen) atoms. The van der Waals surface area contributed by atoms with Crippen LogP contribution < -0.4 is 10.0 Å². The largest absolute Gasteiger partial charge is 0.316 e. The summed E-state index contributed by atoms with van der Waals surface area (Å²) in [7, 11) is -3.38. The topological polar surface area (TPSA) is 58.2 Å². The quantitative estimate of drug-likeness (QED) is 0.715. The Morgan fingerprint density at radius 2 is 1.74 bits per heavy atom. The summed E-state index contributed by atoms with van der Waals surface area (Å²) in [6.45, 7) is 8.17. The summed E-state index contributed by atoms with van der Waals surface area (Å²) in [5.41, 5.74) is 1.17. The third kappa shape index (κ3) is 5.72. The minimum absolute atomic E-state index is 0.330. The zero-order chi connectivity index (χ0) is 14.3. The van der Waals surface area contributed by atoms with Crippen LogP contribution in [0.2, 0.25) is 0 Å². The van der Waals surface area contributed by atoms with Gasteiger partial charge in [0.15, 0.2) is 0 Å². The SMILES string of the molecule is CCNCCNS(=O)(=O)c1ccc(CC(C)C)cc1. The van der Waals surface area contributed by atoms with E-state index in [1.807, 2.05) is 19.1 Å². The van der Waals surface area contributed by atoms with Gasteiger partial charge < -0.3 is 5.32 Å². The molecule has 0 heterocycles. The summed E-state index contributed by atoms with van der Waals surface area (Å²) in [4.78, 5) is 0.330. The highest BCUT2D eigenvalue weighted by Crippen LogP contribution is 2.13. The van der Waals surface area contributed by atoms with Crippen LogP contribution in [-0.2, 0) is 16.4 Å². The fourth-order valence-corrected chi connectivity index (χ4v) is 2.84. The lowest BCUT2D eigenvalue weighted by atomic mass is 10.0. The smallest absolute Gasteiger partial charge is 0.240 e. The predicted octanol–water partition coefficient (Wildman–Crippen LogP) is 1.77. The first kappa shape index (κ1) is 16.1. The predicted molar refractivity (Wildman–Crippen MR) is 78.7 cm³/mol. The highest BCUT2D eigenvalue weighted by atomic mass is 32.2. The summed E-state index contributed by atoms with van der Waals surface area (Å²) in [5.74, 6) is 0.570. The molecule has 0 atom stereocenters. The number of rotatable bonds is 8. The van der Waals surface area contributed by atoms with Gasteiger partial charge in [-0.25, -0.2) is 13.1 Å². The highest BCUT2D eigenvalue weighted by molar-refractivity contribution is 7.89. The van der Waals surface area contributed by atoms with Gasteiger partial charge in [-0.3, -0.25) is 0 Å². The zero-order valence-electron chi connectivity index (χ0n) is 11.9. The summed E-state index contributed by atoms with van der Waals surface area (Å²) in [5, 5.41) is 3.08. The Balaban J connectivity index is 2.63.